The topological polar surface area (TPSA) is 0 Å². The van der Waals surface area contributed by atoms with Crippen LogP contribution in [0, 0.1) is 3.57 Å². The Hall–Kier alpha value is 0.590. The molecule has 0 saturated carbocycles. The standard InChI is InChI=1S/C8H8ClIS/c1-11-5-6-2-3-7(10)4-8(6)9/h2-4H,5H2,1H3. The molecule has 0 aliphatic rings. The lowest BCUT2D eigenvalue weighted by Gasteiger charge is -2.01. The molecule has 1 rings (SSSR count). The summed E-state index contributed by atoms with van der Waals surface area (Å²) >= 11 is 10.0. The largest absolute Gasteiger partial charge is 0.161 e. The van der Waals surface area contributed by atoms with Crippen molar-refractivity contribution in [3.63, 3.8) is 0 Å². The molecule has 1 aromatic rings. The Balaban J connectivity index is 2.90. The van der Waals surface area contributed by atoms with Crippen LogP contribution in [0.5, 0.6) is 0 Å². The minimum atomic E-state index is 0.881. The van der Waals surface area contributed by atoms with Gasteiger partial charge in [0.1, 0.15) is 0 Å². The van der Waals surface area contributed by atoms with Gasteiger partial charge in [-0.2, -0.15) is 11.8 Å². The summed E-state index contributed by atoms with van der Waals surface area (Å²) in [5, 5.41) is 0.881. The van der Waals surface area contributed by atoms with Crippen LogP contribution in [-0.2, 0) is 5.75 Å². The first-order valence-electron chi connectivity index (χ1n) is 3.17. The van der Waals surface area contributed by atoms with Crippen molar-refractivity contribution in [3.8, 4) is 0 Å². The van der Waals surface area contributed by atoms with E-state index in [-0.39, 0.29) is 0 Å². The van der Waals surface area contributed by atoms with Crippen LogP contribution in [0.4, 0.5) is 0 Å². The Bertz CT molecular complexity index is 250. The summed E-state index contributed by atoms with van der Waals surface area (Å²) in [4.78, 5) is 0. The zero-order valence-corrected chi connectivity index (χ0v) is 9.83. The Morgan fingerprint density at radius 2 is 2.27 bits per heavy atom. The lowest BCUT2D eigenvalue weighted by Crippen LogP contribution is -1.82. The molecule has 0 amide bonds. The third-order valence-corrected chi connectivity index (χ3v) is 2.94. The number of rotatable bonds is 2. The summed E-state index contributed by atoms with van der Waals surface area (Å²) in [5.74, 6) is 0.996. The minimum Gasteiger partial charge on any atom is -0.161 e. The first-order valence-corrected chi connectivity index (χ1v) is 6.02. The third kappa shape index (κ3) is 2.84. The Morgan fingerprint density at radius 3 is 2.82 bits per heavy atom. The zero-order valence-electron chi connectivity index (χ0n) is 6.10. The van der Waals surface area contributed by atoms with Crippen LogP contribution in [0.15, 0.2) is 18.2 Å². The van der Waals surface area contributed by atoms with Crippen LogP contribution in [0.1, 0.15) is 5.56 Å². The summed E-state index contributed by atoms with van der Waals surface area (Å²) in [7, 11) is 0. The molecule has 0 aromatic heterocycles. The molecule has 60 valence electrons. The smallest absolute Gasteiger partial charge is 0.0456 e. The number of hydrogen-bond acceptors (Lipinski definition) is 1. The zero-order chi connectivity index (χ0) is 8.27. The summed E-state index contributed by atoms with van der Waals surface area (Å²) in [6.07, 6.45) is 2.08. The van der Waals surface area contributed by atoms with Crippen molar-refractivity contribution in [1.82, 2.24) is 0 Å². The Labute approximate surface area is 89.8 Å². The van der Waals surface area contributed by atoms with Gasteiger partial charge in [-0.15, -0.1) is 0 Å². The highest BCUT2D eigenvalue weighted by Crippen LogP contribution is 2.22. The van der Waals surface area contributed by atoms with E-state index in [4.69, 9.17) is 11.6 Å². The van der Waals surface area contributed by atoms with E-state index >= 15 is 0 Å². The summed E-state index contributed by atoms with van der Waals surface area (Å²) in [6, 6.07) is 6.16. The number of hydrogen-bond donors (Lipinski definition) is 0. The monoisotopic (exact) mass is 298 g/mol. The number of thioether (sulfide) groups is 1. The molecule has 3 heteroatoms. The van der Waals surface area contributed by atoms with Gasteiger partial charge in [-0.3, -0.25) is 0 Å². The first-order chi connectivity index (χ1) is 5.24. The fourth-order valence-electron chi connectivity index (χ4n) is 0.794. The lowest BCUT2D eigenvalue weighted by molar-refractivity contribution is 1.41. The van der Waals surface area contributed by atoms with Crippen LogP contribution >= 0.6 is 46.0 Å². The number of halogens is 2. The summed E-state index contributed by atoms with van der Waals surface area (Å²) < 4.78 is 1.19. The maximum atomic E-state index is 5.99. The van der Waals surface area contributed by atoms with Crippen molar-refractivity contribution in [1.29, 1.82) is 0 Å². The molecule has 0 unspecified atom stereocenters. The Kier molecular flexibility index (Phi) is 4.02. The van der Waals surface area contributed by atoms with Crippen LogP contribution in [0.3, 0.4) is 0 Å². The highest BCUT2D eigenvalue weighted by Gasteiger charge is 1.98. The summed E-state index contributed by atoms with van der Waals surface area (Å²) in [5.41, 5.74) is 1.22. The van der Waals surface area contributed by atoms with E-state index in [2.05, 4.69) is 41.0 Å². The van der Waals surface area contributed by atoms with E-state index < -0.39 is 0 Å². The fourth-order valence-corrected chi connectivity index (χ4v) is 2.36. The predicted octanol–water partition coefficient (Wildman–Crippen LogP) is 3.81. The first kappa shape index (κ1) is 9.68. The molecule has 0 aliphatic carbocycles. The SMILES string of the molecule is CSCc1ccc(I)cc1Cl. The average Bonchev–Trinajstić information content (AvgIpc) is 1.95. The Morgan fingerprint density at radius 1 is 1.55 bits per heavy atom. The molecule has 0 atom stereocenters. The molecular formula is C8H8ClIS. The normalized spacial score (nSPS) is 10.1. The van der Waals surface area contributed by atoms with Gasteiger partial charge in [0.25, 0.3) is 0 Å². The van der Waals surface area contributed by atoms with E-state index in [9.17, 15) is 0 Å². The van der Waals surface area contributed by atoms with Crippen molar-refractivity contribution >= 4 is 46.0 Å². The highest BCUT2D eigenvalue weighted by atomic mass is 127. The van der Waals surface area contributed by atoms with Crippen LogP contribution in [0.25, 0.3) is 0 Å². The number of benzene rings is 1. The average molecular weight is 299 g/mol. The van der Waals surface area contributed by atoms with Crippen molar-refractivity contribution in [2.24, 2.45) is 0 Å². The van der Waals surface area contributed by atoms with Crippen molar-refractivity contribution in [2.45, 2.75) is 5.75 Å². The molecule has 0 fully saturated rings. The van der Waals surface area contributed by atoms with E-state index in [0.717, 1.165) is 10.8 Å². The van der Waals surface area contributed by atoms with Crippen molar-refractivity contribution in [2.75, 3.05) is 6.26 Å². The summed E-state index contributed by atoms with van der Waals surface area (Å²) in [6.45, 7) is 0. The fraction of sp³-hybridized carbons (Fsp3) is 0.250. The van der Waals surface area contributed by atoms with E-state index in [1.807, 2.05) is 6.07 Å². The van der Waals surface area contributed by atoms with Crippen LogP contribution in [0.2, 0.25) is 5.02 Å². The molecule has 0 saturated heterocycles. The van der Waals surface area contributed by atoms with Gasteiger partial charge in [0, 0.05) is 14.3 Å². The van der Waals surface area contributed by atoms with Gasteiger partial charge in [-0.25, -0.2) is 0 Å². The second-order valence-electron chi connectivity index (χ2n) is 2.17. The quantitative estimate of drug-likeness (QED) is 0.748. The second-order valence-corrected chi connectivity index (χ2v) is 4.69. The molecule has 0 radical (unpaired) electrons. The third-order valence-electron chi connectivity index (χ3n) is 1.31. The molecule has 0 spiro atoms. The second kappa shape index (κ2) is 4.58. The van der Waals surface area contributed by atoms with Crippen LogP contribution < -0.4 is 0 Å². The molecule has 0 heterocycles. The maximum Gasteiger partial charge on any atom is 0.0456 e. The maximum absolute atomic E-state index is 5.99. The van der Waals surface area contributed by atoms with E-state index in [0.29, 0.717) is 0 Å². The highest BCUT2D eigenvalue weighted by molar-refractivity contribution is 14.1. The molecule has 0 bridgehead atoms. The predicted molar refractivity (Wildman–Crippen MR) is 61.4 cm³/mol. The molecule has 1 aromatic carbocycles. The van der Waals surface area contributed by atoms with E-state index in [1.54, 1.807) is 11.8 Å². The van der Waals surface area contributed by atoms with Gasteiger partial charge in [0.05, 0.1) is 0 Å². The molecular weight excluding hydrogens is 291 g/mol. The van der Waals surface area contributed by atoms with Gasteiger partial charge in [0.2, 0.25) is 0 Å². The van der Waals surface area contributed by atoms with Gasteiger partial charge in [-0.1, -0.05) is 17.7 Å². The molecule has 11 heavy (non-hydrogen) atoms. The van der Waals surface area contributed by atoms with Gasteiger partial charge < -0.3 is 0 Å². The molecule has 0 nitrogen and oxygen atoms in total. The lowest BCUT2D eigenvalue weighted by atomic mass is 10.2. The van der Waals surface area contributed by atoms with Gasteiger partial charge in [-0.05, 0) is 46.5 Å². The van der Waals surface area contributed by atoms with Gasteiger partial charge >= 0.3 is 0 Å². The van der Waals surface area contributed by atoms with Gasteiger partial charge in [0.15, 0.2) is 0 Å². The van der Waals surface area contributed by atoms with E-state index in [1.165, 1.54) is 9.13 Å². The van der Waals surface area contributed by atoms with Crippen molar-refractivity contribution < 1.29 is 0 Å². The molecule has 0 aliphatic heterocycles. The molecule has 0 N–H and O–H groups in total. The minimum absolute atomic E-state index is 0.881. The van der Waals surface area contributed by atoms with Crippen LogP contribution in [-0.4, -0.2) is 6.26 Å². The van der Waals surface area contributed by atoms with Crippen molar-refractivity contribution in [3.05, 3.63) is 32.4 Å².